The molecule has 0 radical (unpaired) electrons. The highest BCUT2D eigenvalue weighted by Gasteiger charge is 2.28. The lowest BCUT2D eigenvalue weighted by molar-refractivity contribution is -0.137. The van der Waals surface area contributed by atoms with Gasteiger partial charge in [0.1, 0.15) is 0 Å². The third kappa shape index (κ3) is 3.71. The van der Waals surface area contributed by atoms with Gasteiger partial charge in [-0.3, -0.25) is 9.69 Å². The Balaban J connectivity index is 2.49. The minimum Gasteiger partial charge on any atom is -0.481 e. The van der Waals surface area contributed by atoms with Crippen LogP contribution in [0.5, 0.6) is 0 Å². The molecule has 0 aliphatic carbocycles. The van der Waals surface area contributed by atoms with Gasteiger partial charge in [0.15, 0.2) is 0 Å². The molecule has 0 saturated carbocycles. The minimum atomic E-state index is -3.62. The molecule has 3 N–H and O–H groups in total. The number of nitrogens with two attached hydrogens (primary N) is 1. The van der Waals surface area contributed by atoms with Crippen molar-refractivity contribution >= 4 is 16.2 Å². The summed E-state index contributed by atoms with van der Waals surface area (Å²) in [5.74, 6) is -0.846. The number of carbonyl (C=O) groups is 1. The molecular formula is C8H17N3O4S. The average molecular weight is 251 g/mol. The molecule has 1 fully saturated rings. The molecule has 0 amide bonds. The summed E-state index contributed by atoms with van der Waals surface area (Å²) in [6.07, 6.45) is 0.0692. The van der Waals surface area contributed by atoms with E-state index >= 15 is 0 Å². The van der Waals surface area contributed by atoms with Gasteiger partial charge in [-0.05, 0) is 6.92 Å². The van der Waals surface area contributed by atoms with Gasteiger partial charge in [0, 0.05) is 32.2 Å². The van der Waals surface area contributed by atoms with E-state index in [2.05, 4.69) is 0 Å². The summed E-state index contributed by atoms with van der Waals surface area (Å²) in [7, 11) is -3.62. The number of hydrogen-bond acceptors (Lipinski definition) is 4. The van der Waals surface area contributed by atoms with Crippen LogP contribution >= 0.6 is 0 Å². The number of carboxylic acids is 1. The van der Waals surface area contributed by atoms with E-state index in [-0.39, 0.29) is 12.5 Å². The Morgan fingerprint density at radius 3 is 2.56 bits per heavy atom. The fraction of sp³-hybridized carbons (Fsp3) is 0.875. The van der Waals surface area contributed by atoms with Crippen LogP contribution in [0.15, 0.2) is 0 Å². The SMILES string of the molecule is CC1CN(S(N)(=O)=O)CCN1CCC(=O)O. The topological polar surface area (TPSA) is 104 Å². The van der Waals surface area contributed by atoms with Crippen LogP contribution in [0.4, 0.5) is 0 Å². The zero-order valence-corrected chi connectivity index (χ0v) is 9.98. The molecule has 1 atom stereocenters. The van der Waals surface area contributed by atoms with Crippen LogP contribution in [0.1, 0.15) is 13.3 Å². The van der Waals surface area contributed by atoms with Gasteiger partial charge in [0.2, 0.25) is 0 Å². The number of hydrogen-bond donors (Lipinski definition) is 2. The van der Waals surface area contributed by atoms with E-state index in [1.165, 1.54) is 4.31 Å². The third-order valence-corrected chi connectivity index (χ3v) is 3.75. The molecule has 1 saturated heterocycles. The second kappa shape index (κ2) is 5.09. The largest absolute Gasteiger partial charge is 0.481 e. The first-order chi connectivity index (χ1) is 7.30. The molecule has 1 aliphatic heterocycles. The predicted octanol–water partition coefficient (Wildman–Crippen LogP) is -1.33. The van der Waals surface area contributed by atoms with E-state index in [1.54, 1.807) is 0 Å². The van der Waals surface area contributed by atoms with Crippen molar-refractivity contribution < 1.29 is 18.3 Å². The highest BCUT2D eigenvalue weighted by atomic mass is 32.2. The van der Waals surface area contributed by atoms with E-state index in [1.807, 2.05) is 11.8 Å². The van der Waals surface area contributed by atoms with Crippen LogP contribution < -0.4 is 5.14 Å². The monoisotopic (exact) mass is 251 g/mol. The third-order valence-electron chi connectivity index (χ3n) is 2.70. The maximum atomic E-state index is 11.1. The molecule has 1 aliphatic rings. The molecule has 1 rings (SSSR count). The van der Waals surface area contributed by atoms with Crippen LogP contribution in [0, 0.1) is 0 Å². The summed E-state index contributed by atoms with van der Waals surface area (Å²) < 4.78 is 23.4. The maximum Gasteiger partial charge on any atom is 0.304 e. The Kier molecular flexibility index (Phi) is 4.25. The highest BCUT2D eigenvalue weighted by molar-refractivity contribution is 7.86. The number of rotatable bonds is 4. The van der Waals surface area contributed by atoms with Crippen molar-refractivity contribution in [1.82, 2.24) is 9.21 Å². The smallest absolute Gasteiger partial charge is 0.304 e. The highest BCUT2D eigenvalue weighted by Crippen LogP contribution is 2.11. The van der Waals surface area contributed by atoms with Crippen molar-refractivity contribution in [2.45, 2.75) is 19.4 Å². The van der Waals surface area contributed by atoms with Gasteiger partial charge in [-0.25, -0.2) is 5.14 Å². The predicted molar refractivity (Wildman–Crippen MR) is 58.0 cm³/mol. The lowest BCUT2D eigenvalue weighted by atomic mass is 10.2. The first-order valence-corrected chi connectivity index (χ1v) is 6.54. The molecule has 0 aromatic heterocycles. The van der Waals surface area contributed by atoms with E-state index in [9.17, 15) is 13.2 Å². The van der Waals surface area contributed by atoms with Crippen molar-refractivity contribution in [1.29, 1.82) is 0 Å². The first-order valence-electron chi connectivity index (χ1n) is 5.04. The standard InChI is InChI=1S/C8H17N3O4S/c1-7-6-11(16(9,14)15)5-4-10(7)3-2-8(12)13/h7H,2-6H2,1H3,(H,12,13)(H2,9,14,15). The average Bonchev–Trinajstić information content (AvgIpc) is 2.14. The van der Waals surface area contributed by atoms with Crippen LogP contribution in [-0.2, 0) is 15.0 Å². The summed E-state index contributed by atoms with van der Waals surface area (Å²) in [4.78, 5) is 12.4. The maximum absolute atomic E-state index is 11.1. The summed E-state index contributed by atoms with van der Waals surface area (Å²) >= 11 is 0. The minimum absolute atomic E-state index is 0.00794. The summed E-state index contributed by atoms with van der Waals surface area (Å²) in [6.45, 7) is 3.46. The number of nitrogens with zero attached hydrogens (tertiary/aromatic N) is 2. The van der Waals surface area contributed by atoms with Crippen molar-refractivity contribution in [3.63, 3.8) is 0 Å². The summed E-state index contributed by atoms with van der Waals surface area (Å²) in [5.41, 5.74) is 0. The molecule has 1 heterocycles. The lowest BCUT2D eigenvalue weighted by Crippen LogP contribution is -2.55. The van der Waals surface area contributed by atoms with Crippen LogP contribution in [0.3, 0.4) is 0 Å². The Bertz CT molecular complexity index is 356. The number of carboxylic acid groups (broad SMARTS) is 1. The Morgan fingerprint density at radius 2 is 2.12 bits per heavy atom. The van der Waals surface area contributed by atoms with E-state index < -0.39 is 16.2 Å². The van der Waals surface area contributed by atoms with Gasteiger partial charge >= 0.3 is 5.97 Å². The molecule has 0 aromatic rings. The number of aliphatic carboxylic acids is 1. The fourth-order valence-corrected chi connectivity index (χ4v) is 2.52. The molecular weight excluding hydrogens is 234 g/mol. The molecule has 0 spiro atoms. The summed E-state index contributed by atoms with van der Waals surface area (Å²) in [5, 5.41) is 13.6. The summed E-state index contributed by atoms with van der Waals surface area (Å²) in [6, 6.07) is -0.00794. The second-order valence-corrected chi connectivity index (χ2v) is 5.48. The van der Waals surface area contributed by atoms with Gasteiger partial charge in [-0.15, -0.1) is 0 Å². The zero-order valence-electron chi connectivity index (χ0n) is 9.16. The fourth-order valence-electron chi connectivity index (χ4n) is 1.76. The zero-order chi connectivity index (χ0) is 12.3. The van der Waals surface area contributed by atoms with E-state index in [0.717, 1.165) is 0 Å². The molecule has 0 aromatic carbocycles. The van der Waals surface area contributed by atoms with Gasteiger partial charge in [0.05, 0.1) is 6.42 Å². The molecule has 1 unspecified atom stereocenters. The van der Waals surface area contributed by atoms with Crippen LogP contribution in [0.2, 0.25) is 0 Å². The quantitative estimate of drug-likeness (QED) is 0.644. The first kappa shape index (κ1) is 13.4. The van der Waals surface area contributed by atoms with Gasteiger partial charge < -0.3 is 5.11 Å². The van der Waals surface area contributed by atoms with Crippen molar-refractivity contribution in [2.24, 2.45) is 5.14 Å². The van der Waals surface area contributed by atoms with Crippen molar-refractivity contribution in [3.05, 3.63) is 0 Å². The van der Waals surface area contributed by atoms with E-state index in [4.69, 9.17) is 10.2 Å². The van der Waals surface area contributed by atoms with Gasteiger partial charge in [-0.1, -0.05) is 0 Å². The van der Waals surface area contributed by atoms with Gasteiger partial charge in [0.25, 0.3) is 10.2 Å². The molecule has 0 bridgehead atoms. The van der Waals surface area contributed by atoms with Crippen molar-refractivity contribution in [2.75, 3.05) is 26.2 Å². The normalized spacial score (nSPS) is 24.5. The van der Waals surface area contributed by atoms with Crippen LogP contribution in [0.25, 0.3) is 0 Å². The lowest BCUT2D eigenvalue weighted by Gasteiger charge is -2.38. The molecule has 16 heavy (non-hydrogen) atoms. The molecule has 8 heteroatoms. The Labute approximate surface area is 95.0 Å². The second-order valence-electron chi connectivity index (χ2n) is 3.93. The molecule has 7 nitrogen and oxygen atoms in total. The Hall–Kier alpha value is -0.700. The van der Waals surface area contributed by atoms with Crippen LogP contribution in [-0.4, -0.2) is 60.9 Å². The Morgan fingerprint density at radius 1 is 1.50 bits per heavy atom. The van der Waals surface area contributed by atoms with E-state index in [0.29, 0.717) is 26.2 Å². The van der Waals surface area contributed by atoms with Crippen molar-refractivity contribution in [3.8, 4) is 0 Å². The van der Waals surface area contributed by atoms with Gasteiger partial charge in [-0.2, -0.15) is 12.7 Å². The molecule has 94 valence electrons. The number of piperazine rings is 1.